The Bertz CT molecular complexity index is 1260. The molecule has 9 heteroatoms. The van der Waals surface area contributed by atoms with Gasteiger partial charge in [-0.2, -0.15) is 0 Å². The van der Waals surface area contributed by atoms with Crippen molar-refractivity contribution in [2.24, 2.45) is 22.7 Å². The Labute approximate surface area is 248 Å². The molecule has 41 heavy (non-hydrogen) atoms. The fourth-order valence-electron chi connectivity index (χ4n) is 4.91. The normalized spacial score (nSPS) is 18.1. The maximum Gasteiger partial charge on any atom is 0.246 e. The maximum atomic E-state index is 13.8. The number of aromatic nitrogens is 1. The van der Waals surface area contributed by atoms with E-state index < -0.39 is 23.4 Å². The smallest absolute Gasteiger partial charge is 0.246 e. The van der Waals surface area contributed by atoms with E-state index in [9.17, 15) is 19.2 Å². The summed E-state index contributed by atoms with van der Waals surface area (Å²) in [5, 5.41) is 5.87. The second-order valence-electron chi connectivity index (χ2n) is 13.6. The molecule has 0 aliphatic carbocycles. The minimum atomic E-state index is -0.908. The second kappa shape index (κ2) is 12.8. The molecule has 4 atom stereocenters. The first-order valence-electron chi connectivity index (χ1n) is 14.4. The Morgan fingerprint density at radius 1 is 1.05 bits per heavy atom. The Kier molecular flexibility index (Phi) is 10.2. The number of nitrogens with one attached hydrogen (secondary N) is 2. The first-order valence-corrected chi connectivity index (χ1v) is 15.3. The number of carbonyl (C=O) groups is 4. The number of Topliss-reactive ketones (excluding diaryl/α,β-unsaturated/α-hetero) is 1. The number of nitrogens with zero attached hydrogens (tertiary/aromatic N) is 2. The lowest BCUT2D eigenvalue weighted by atomic mass is 9.77. The Morgan fingerprint density at radius 3 is 2.22 bits per heavy atom. The summed E-state index contributed by atoms with van der Waals surface area (Å²) in [7, 11) is 0. The van der Waals surface area contributed by atoms with E-state index in [0.29, 0.717) is 12.3 Å². The third-order valence-corrected chi connectivity index (χ3v) is 9.17. The van der Waals surface area contributed by atoms with Crippen molar-refractivity contribution in [3.05, 3.63) is 41.0 Å². The lowest BCUT2D eigenvalue weighted by molar-refractivity contribution is -0.144. The zero-order valence-corrected chi connectivity index (χ0v) is 26.8. The summed E-state index contributed by atoms with van der Waals surface area (Å²) in [6, 6.07) is 6.11. The van der Waals surface area contributed by atoms with Gasteiger partial charge in [-0.3, -0.25) is 19.2 Å². The van der Waals surface area contributed by atoms with Gasteiger partial charge >= 0.3 is 0 Å². The number of hydrogen-bond acceptors (Lipinski definition) is 6. The molecule has 2 aromatic rings. The van der Waals surface area contributed by atoms with E-state index in [0.717, 1.165) is 21.7 Å². The van der Waals surface area contributed by atoms with Crippen molar-refractivity contribution in [1.29, 1.82) is 0 Å². The monoisotopic (exact) mass is 582 g/mol. The summed E-state index contributed by atoms with van der Waals surface area (Å²) in [6.45, 7) is 18.2. The third kappa shape index (κ3) is 8.24. The first kappa shape index (κ1) is 32.4. The zero-order chi connectivity index (χ0) is 30.7. The molecule has 2 N–H and O–H groups in total. The highest BCUT2D eigenvalue weighted by atomic mass is 32.1. The molecule has 1 aromatic carbocycles. The molecule has 2 heterocycles. The summed E-state index contributed by atoms with van der Waals surface area (Å²) in [6.07, 6.45) is 0.657. The van der Waals surface area contributed by atoms with E-state index in [1.807, 2.05) is 64.4 Å². The standard InChI is InChI=1S/C32H46N4O4S/c1-19(14-20(2)31(4,5)6)28(38)35-27(32(7,8)9)30(40)36-17-24(37)15-25(36)29(39)33-16-22-10-12-23(13-11-22)26-21(3)34-18-41-26/h10-13,18-20,25,27H,14-17H2,1-9H3,(H,33,39)(H,35,38). The predicted octanol–water partition coefficient (Wildman–Crippen LogP) is 5.14. The topological polar surface area (TPSA) is 108 Å². The number of carbonyl (C=O) groups excluding carboxylic acids is 4. The van der Waals surface area contributed by atoms with Crippen LogP contribution in [0, 0.1) is 29.6 Å². The average molecular weight is 583 g/mol. The molecule has 1 aliphatic heterocycles. The van der Waals surface area contributed by atoms with Crippen molar-refractivity contribution in [2.45, 2.75) is 93.8 Å². The second-order valence-corrected chi connectivity index (χ2v) is 14.5. The van der Waals surface area contributed by atoms with E-state index in [1.165, 1.54) is 4.90 Å². The Hall–Kier alpha value is -3.07. The van der Waals surface area contributed by atoms with Gasteiger partial charge < -0.3 is 15.5 Å². The van der Waals surface area contributed by atoms with Crippen LogP contribution in [-0.4, -0.2) is 52.0 Å². The van der Waals surface area contributed by atoms with Crippen molar-refractivity contribution >= 4 is 34.8 Å². The number of hydrogen-bond donors (Lipinski definition) is 2. The molecule has 0 bridgehead atoms. The van der Waals surface area contributed by atoms with Crippen LogP contribution in [0.1, 0.15) is 79.5 Å². The number of likely N-dealkylation sites (tertiary alicyclic amines) is 1. The molecular formula is C32H46N4O4S. The number of benzene rings is 1. The van der Waals surface area contributed by atoms with Crippen molar-refractivity contribution in [3.63, 3.8) is 0 Å². The summed E-state index contributed by atoms with van der Waals surface area (Å²) in [5.41, 5.74) is 4.21. The van der Waals surface area contributed by atoms with Gasteiger partial charge in [0.15, 0.2) is 5.78 Å². The molecule has 8 nitrogen and oxygen atoms in total. The van der Waals surface area contributed by atoms with E-state index in [1.54, 1.807) is 11.3 Å². The highest BCUT2D eigenvalue weighted by molar-refractivity contribution is 7.13. The van der Waals surface area contributed by atoms with Gasteiger partial charge in [0.25, 0.3) is 0 Å². The molecule has 0 radical (unpaired) electrons. The van der Waals surface area contributed by atoms with Crippen LogP contribution in [-0.2, 0) is 25.7 Å². The van der Waals surface area contributed by atoms with Crippen LogP contribution in [0.25, 0.3) is 10.4 Å². The number of aryl methyl sites for hydroxylation is 1. The third-order valence-electron chi connectivity index (χ3n) is 8.19. The lowest BCUT2D eigenvalue weighted by Gasteiger charge is -2.36. The maximum absolute atomic E-state index is 13.8. The van der Waals surface area contributed by atoms with Crippen LogP contribution in [0.4, 0.5) is 0 Å². The highest BCUT2D eigenvalue weighted by Gasteiger charge is 2.44. The predicted molar refractivity (Wildman–Crippen MR) is 163 cm³/mol. The largest absolute Gasteiger partial charge is 0.350 e. The zero-order valence-electron chi connectivity index (χ0n) is 26.0. The Balaban J connectivity index is 1.68. The minimum absolute atomic E-state index is 0.0362. The van der Waals surface area contributed by atoms with Crippen molar-refractivity contribution < 1.29 is 19.2 Å². The van der Waals surface area contributed by atoms with Gasteiger partial charge in [-0.05, 0) is 41.2 Å². The van der Waals surface area contributed by atoms with Crippen LogP contribution in [0.15, 0.2) is 29.8 Å². The Morgan fingerprint density at radius 2 is 1.68 bits per heavy atom. The van der Waals surface area contributed by atoms with Crippen LogP contribution < -0.4 is 10.6 Å². The fourth-order valence-corrected chi connectivity index (χ4v) is 5.72. The van der Waals surface area contributed by atoms with Gasteiger partial charge in [-0.15, -0.1) is 11.3 Å². The number of amides is 3. The molecule has 3 amide bonds. The summed E-state index contributed by atoms with van der Waals surface area (Å²) in [4.78, 5) is 59.5. The molecule has 0 spiro atoms. The first-order chi connectivity index (χ1) is 19.0. The van der Waals surface area contributed by atoms with Gasteiger partial charge in [0, 0.05) is 18.9 Å². The van der Waals surface area contributed by atoms with Crippen molar-refractivity contribution in [2.75, 3.05) is 6.54 Å². The molecule has 224 valence electrons. The van der Waals surface area contributed by atoms with E-state index in [2.05, 4.69) is 43.3 Å². The van der Waals surface area contributed by atoms with Crippen LogP contribution in [0.3, 0.4) is 0 Å². The molecule has 1 aliphatic rings. The van der Waals surface area contributed by atoms with E-state index >= 15 is 0 Å². The van der Waals surface area contributed by atoms with Crippen LogP contribution in [0.2, 0.25) is 0 Å². The molecule has 4 unspecified atom stereocenters. The average Bonchev–Trinajstić information content (AvgIpc) is 3.49. The van der Waals surface area contributed by atoms with Crippen LogP contribution in [0.5, 0.6) is 0 Å². The molecule has 1 fully saturated rings. The van der Waals surface area contributed by atoms with Gasteiger partial charge in [0.2, 0.25) is 17.7 Å². The fraction of sp³-hybridized carbons (Fsp3) is 0.594. The van der Waals surface area contributed by atoms with E-state index in [-0.39, 0.29) is 48.4 Å². The van der Waals surface area contributed by atoms with E-state index in [4.69, 9.17) is 0 Å². The van der Waals surface area contributed by atoms with Crippen molar-refractivity contribution in [1.82, 2.24) is 20.5 Å². The quantitative estimate of drug-likeness (QED) is 0.426. The number of thiazole rings is 1. The number of ketones is 1. The summed E-state index contributed by atoms with van der Waals surface area (Å²) < 4.78 is 0. The molecule has 0 saturated carbocycles. The van der Waals surface area contributed by atoms with Crippen LogP contribution >= 0.6 is 11.3 Å². The summed E-state index contributed by atoms with van der Waals surface area (Å²) >= 11 is 1.58. The SMILES string of the molecule is Cc1ncsc1-c1ccc(CNC(=O)C2CC(=O)CN2C(=O)C(NC(=O)C(C)CC(C)C(C)(C)C)C(C)(C)C)cc1. The van der Waals surface area contributed by atoms with Gasteiger partial charge in [-0.25, -0.2) is 4.98 Å². The van der Waals surface area contributed by atoms with Gasteiger partial charge in [-0.1, -0.05) is 79.7 Å². The minimum Gasteiger partial charge on any atom is -0.350 e. The molecule has 3 rings (SSSR count). The van der Waals surface area contributed by atoms with Crippen molar-refractivity contribution in [3.8, 4) is 10.4 Å². The molecular weight excluding hydrogens is 536 g/mol. The lowest BCUT2D eigenvalue weighted by Crippen LogP contribution is -2.58. The highest BCUT2D eigenvalue weighted by Crippen LogP contribution is 2.32. The van der Waals surface area contributed by atoms with Gasteiger partial charge in [0.1, 0.15) is 12.1 Å². The molecule has 1 aromatic heterocycles. The number of rotatable bonds is 9. The van der Waals surface area contributed by atoms with Gasteiger partial charge in [0.05, 0.1) is 22.6 Å². The summed E-state index contributed by atoms with van der Waals surface area (Å²) in [5.74, 6) is -1.13. The molecule has 1 saturated heterocycles.